The highest BCUT2D eigenvalue weighted by molar-refractivity contribution is 9.09. The van der Waals surface area contributed by atoms with Crippen LogP contribution in [-0.4, -0.2) is 18.5 Å². The maximum absolute atomic E-state index is 4.99. The standard InChI is InChI=1S/C9H19BrO/c1-4-9(10)8(2)6-5-7-11-3/h8-9H,4-7H2,1-3H3. The summed E-state index contributed by atoms with van der Waals surface area (Å²) in [6.07, 6.45) is 3.66. The second kappa shape index (κ2) is 7.11. The second-order valence-corrected chi connectivity index (χ2v) is 4.21. The first-order valence-electron chi connectivity index (χ1n) is 4.35. The molecule has 0 radical (unpaired) electrons. The number of halogens is 1. The van der Waals surface area contributed by atoms with Crippen LogP contribution in [0.25, 0.3) is 0 Å². The molecule has 0 saturated heterocycles. The van der Waals surface area contributed by atoms with Crippen molar-refractivity contribution in [2.75, 3.05) is 13.7 Å². The van der Waals surface area contributed by atoms with Crippen LogP contribution < -0.4 is 0 Å². The topological polar surface area (TPSA) is 9.23 Å². The lowest BCUT2D eigenvalue weighted by atomic mass is 10.0. The van der Waals surface area contributed by atoms with Crippen molar-refractivity contribution in [2.45, 2.75) is 37.9 Å². The first-order valence-corrected chi connectivity index (χ1v) is 5.27. The van der Waals surface area contributed by atoms with Crippen LogP contribution in [0, 0.1) is 5.92 Å². The third-order valence-electron chi connectivity index (χ3n) is 2.02. The summed E-state index contributed by atoms with van der Waals surface area (Å²) in [5.41, 5.74) is 0. The van der Waals surface area contributed by atoms with E-state index in [1.54, 1.807) is 7.11 Å². The molecule has 0 bridgehead atoms. The number of hydrogen-bond donors (Lipinski definition) is 0. The van der Waals surface area contributed by atoms with Crippen molar-refractivity contribution < 1.29 is 4.74 Å². The van der Waals surface area contributed by atoms with E-state index in [1.165, 1.54) is 19.3 Å². The van der Waals surface area contributed by atoms with Gasteiger partial charge in [0, 0.05) is 18.5 Å². The second-order valence-electron chi connectivity index (χ2n) is 3.04. The van der Waals surface area contributed by atoms with Gasteiger partial charge in [-0.05, 0) is 25.2 Å². The van der Waals surface area contributed by atoms with Crippen molar-refractivity contribution in [3.63, 3.8) is 0 Å². The number of ether oxygens (including phenoxy) is 1. The molecule has 68 valence electrons. The molecule has 0 aromatic carbocycles. The maximum Gasteiger partial charge on any atom is 0.0462 e. The Labute approximate surface area is 78.6 Å². The van der Waals surface area contributed by atoms with Crippen molar-refractivity contribution in [3.8, 4) is 0 Å². The van der Waals surface area contributed by atoms with Crippen molar-refractivity contribution in [2.24, 2.45) is 5.92 Å². The summed E-state index contributed by atoms with van der Waals surface area (Å²) in [6, 6.07) is 0. The van der Waals surface area contributed by atoms with E-state index in [9.17, 15) is 0 Å². The summed E-state index contributed by atoms with van der Waals surface area (Å²) in [5.74, 6) is 0.773. The number of alkyl halides is 1. The Morgan fingerprint density at radius 1 is 1.45 bits per heavy atom. The summed E-state index contributed by atoms with van der Waals surface area (Å²) < 4.78 is 4.99. The Morgan fingerprint density at radius 2 is 2.09 bits per heavy atom. The molecule has 0 aliphatic heterocycles. The lowest BCUT2D eigenvalue weighted by molar-refractivity contribution is 0.187. The van der Waals surface area contributed by atoms with Crippen molar-refractivity contribution >= 4 is 15.9 Å². The molecule has 0 aliphatic rings. The van der Waals surface area contributed by atoms with Gasteiger partial charge in [0.25, 0.3) is 0 Å². The SMILES string of the molecule is CCC(Br)C(C)CCCOC. The Balaban J connectivity index is 3.28. The molecule has 2 heteroatoms. The molecule has 11 heavy (non-hydrogen) atoms. The molecule has 2 atom stereocenters. The van der Waals surface area contributed by atoms with Crippen molar-refractivity contribution in [1.29, 1.82) is 0 Å². The molecule has 1 nitrogen and oxygen atoms in total. The van der Waals surface area contributed by atoms with E-state index in [0.717, 1.165) is 12.5 Å². The fraction of sp³-hybridized carbons (Fsp3) is 1.00. The molecule has 0 heterocycles. The van der Waals surface area contributed by atoms with E-state index < -0.39 is 0 Å². The summed E-state index contributed by atoms with van der Waals surface area (Å²) in [4.78, 5) is 0.680. The normalized spacial score (nSPS) is 16.4. The van der Waals surface area contributed by atoms with Crippen molar-refractivity contribution in [3.05, 3.63) is 0 Å². The highest BCUT2D eigenvalue weighted by Crippen LogP contribution is 2.20. The monoisotopic (exact) mass is 222 g/mol. The Kier molecular flexibility index (Phi) is 7.39. The van der Waals surface area contributed by atoms with Crippen LogP contribution in [0.4, 0.5) is 0 Å². The fourth-order valence-corrected chi connectivity index (χ4v) is 1.40. The van der Waals surface area contributed by atoms with E-state index in [1.807, 2.05) is 0 Å². The minimum absolute atomic E-state index is 0.680. The smallest absolute Gasteiger partial charge is 0.0462 e. The Bertz CT molecular complexity index is 85.6. The molecular formula is C9H19BrO. The Hall–Kier alpha value is 0.440. The molecule has 0 aromatic rings. The molecule has 0 aliphatic carbocycles. The molecule has 0 rings (SSSR count). The van der Waals surface area contributed by atoms with Gasteiger partial charge in [-0.2, -0.15) is 0 Å². The van der Waals surface area contributed by atoms with Crippen LogP contribution >= 0.6 is 15.9 Å². The van der Waals surface area contributed by atoms with Gasteiger partial charge in [-0.25, -0.2) is 0 Å². The predicted octanol–water partition coefficient (Wildman–Crippen LogP) is 3.22. The zero-order chi connectivity index (χ0) is 8.69. The van der Waals surface area contributed by atoms with Crippen LogP contribution in [0.15, 0.2) is 0 Å². The summed E-state index contributed by atoms with van der Waals surface area (Å²) in [7, 11) is 1.76. The third kappa shape index (κ3) is 5.68. The predicted molar refractivity (Wildman–Crippen MR) is 53.3 cm³/mol. The van der Waals surface area contributed by atoms with E-state index in [-0.39, 0.29) is 0 Å². The number of rotatable bonds is 6. The fourth-order valence-electron chi connectivity index (χ4n) is 1.13. The summed E-state index contributed by atoms with van der Waals surface area (Å²) in [6.45, 7) is 5.40. The molecule has 0 fully saturated rings. The zero-order valence-electron chi connectivity index (χ0n) is 7.77. The van der Waals surface area contributed by atoms with Gasteiger partial charge in [0.15, 0.2) is 0 Å². The summed E-state index contributed by atoms with van der Waals surface area (Å²) in [5, 5.41) is 0. The van der Waals surface area contributed by atoms with Gasteiger partial charge < -0.3 is 4.74 Å². The van der Waals surface area contributed by atoms with E-state index >= 15 is 0 Å². The minimum Gasteiger partial charge on any atom is -0.385 e. The van der Waals surface area contributed by atoms with Gasteiger partial charge in [0.1, 0.15) is 0 Å². The lowest BCUT2D eigenvalue weighted by Gasteiger charge is -2.15. The lowest BCUT2D eigenvalue weighted by Crippen LogP contribution is -2.10. The first kappa shape index (κ1) is 11.4. The maximum atomic E-state index is 4.99. The van der Waals surface area contributed by atoms with Gasteiger partial charge in [0.2, 0.25) is 0 Å². The minimum atomic E-state index is 0.680. The van der Waals surface area contributed by atoms with Crippen LogP contribution in [0.2, 0.25) is 0 Å². The summed E-state index contributed by atoms with van der Waals surface area (Å²) >= 11 is 3.65. The van der Waals surface area contributed by atoms with E-state index in [0.29, 0.717) is 4.83 Å². The van der Waals surface area contributed by atoms with Crippen LogP contribution in [0.3, 0.4) is 0 Å². The zero-order valence-corrected chi connectivity index (χ0v) is 9.36. The van der Waals surface area contributed by atoms with Gasteiger partial charge >= 0.3 is 0 Å². The molecule has 0 amide bonds. The molecule has 0 saturated carbocycles. The Morgan fingerprint density at radius 3 is 2.55 bits per heavy atom. The number of hydrogen-bond acceptors (Lipinski definition) is 1. The third-order valence-corrected chi connectivity index (χ3v) is 3.57. The molecule has 0 N–H and O–H groups in total. The molecule has 0 aromatic heterocycles. The largest absolute Gasteiger partial charge is 0.385 e. The average Bonchev–Trinajstić information content (AvgIpc) is 2.03. The highest BCUT2D eigenvalue weighted by atomic mass is 79.9. The van der Waals surface area contributed by atoms with Crippen LogP contribution in [0.1, 0.15) is 33.1 Å². The quantitative estimate of drug-likeness (QED) is 0.496. The van der Waals surface area contributed by atoms with Gasteiger partial charge in [-0.15, -0.1) is 0 Å². The van der Waals surface area contributed by atoms with E-state index in [2.05, 4.69) is 29.8 Å². The highest BCUT2D eigenvalue weighted by Gasteiger charge is 2.10. The van der Waals surface area contributed by atoms with Crippen molar-refractivity contribution in [1.82, 2.24) is 0 Å². The van der Waals surface area contributed by atoms with Crippen LogP contribution in [-0.2, 0) is 4.74 Å². The molecular weight excluding hydrogens is 204 g/mol. The van der Waals surface area contributed by atoms with Gasteiger partial charge in [-0.1, -0.05) is 29.8 Å². The van der Waals surface area contributed by atoms with Crippen LogP contribution in [0.5, 0.6) is 0 Å². The number of methoxy groups -OCH3 is 1. The van der Waals surface area contributed by atoms with E-state index in [4.69, 9.17) is 4.74 Å². The first-order chi connectivity index (χ1) is 5.22. The van der Waals surface area contributed by atoms with Gasteiger partial charge in [0.05, 0.1) is 0 Å². The van der Waals surface area contributed by atoms with Gasteiger partial charge in [-0.3, -0.25) is 0 Å². The molecule has 2 unspecified atom stereocenters. The molecule has 0 spiro atoms. The average molecular weight is 223 g/mol.